The molecule has 27 heavy (non-hydrogen) atoms. The first-order valence-electron chi connectivity index (χ1n) is 10.2. The maximum Gasteiger partial charge on any atom is 0.261 e. The van der Waals surface area contributed by atoms with Crippen molar-refractivity contribution in [1.29, 1.82) is 0 Å². The molecule has 1 N–H and O–H groups in total. The van der Waals surface area contributed by atoms with E-state index in [1.54, 1.807) is 11.3 Å². The zero-order valence-electron chi connectivity index (χ0n) is 16.1. The smallest absolute Gasteiger partial charge is 0.261 e. The Kier molecular flexibility index (Phi) is 5.79. The van der Waals surface area contributed by atoms with E-state index in [-0.39, 0.29) is 5.91 Å². The van der Waals surface area contributed by atoms with E-state index >= 15 is 0 Å². The van der Waals surface area contributed by atoms with Crippen molar-refractivity contribution in [3.05, 3.63) is 46.8 Å². The molecule has 0 saturated carbocycles. The highest BCUT2D eigenvalue weighted by atomic mass is 32.1. The van der Waals surface area contributed by atoms with Gasteiger partial charge >= 0.3 is 0 Å². The number of carbonyl (C=O) groups is 1. The molecule has 3 heterocycles. The van der Waals surface area contributed by atoms with Crippen molar-refractivity contribution in [2.75, 3.05) is 37.6 Å². The molecule has 4 nitrogen and oxygen atoms in total. The van der Waals surface area contributed by atoms with Crippen LogP contribution in [-0.2, 0) is 6.42 Å². The van der Waals surface area contributed by atoms with Crippen LogP contribution >= 0.6 is 11.3 Å². The van der Waals surface area contributed by atoms with Crippen LogP contribution in [0.1, 0.15) is 41.4 Å². The van der Waals surface area contributed by atoms with Gasteiger partial charge in [0.15, 0.2) is 0 Å². The van der Waals surface area contributed by atoms with E-state index in [0.29, 0.717) is 0 Å². The van der Waals surface area contributed by atoms with Gasteiger partial charge in [-0.1, -0.05) is 25.1 Å². The van der Waals surface area contributed by atoms with Crippen LogP contribution in [0.3, 0.4) is 0 Å². The zero-order chi connectivity index (χ0) is 18.6. The van der Waals surface area contributed by atoms with Crippen molar-refractivity contribution >= 4 is 27.9 Å². The van der Waals surface area contributed by atoms with Crippen molar-refractivity contribution < 1.29 is 4.79 Å². The molecule has 2 aromatic rings. The standard InChI is InChI=1S/C22H29N3OS/c1-17-6-4-13-24(16-17)14-5-12-23-22(26)20-9-10-21(27-20)25-15-11-18-7-2-3-8-19(18)25/h2-3,7-10,17H,4-6,11-16H2,1H3,(H,23,26)/t17-/m1/s1. The van der Waals surface area contributed by atoms with Gasteiger partial charge in [-0.2, -0.15) is 0 Å². The summed E-state index contributed by atoms with van der Waals surface area (Å²) in [5, 5.41) is 4.26. The third kappa shape index (κ3) is 4.36. The minimum atomic E-state index is 0.0609. The largest absolute Gasteiger partial charge is 0.351 e. The number of likely N-dealkylation sites (tertiary alicyclic amines) is 1. The molecule has 0 aliphatic carbocycles. The first-order chi connectivity index (χ1) is 13.2. The van der Waals surface area contributed by atoms with Crippen LogP contribution < -0.4 is 10.2 Å². The molecule has 1 fully saturated rings. The monoisotopic (exact) mass is 383 g/mol. The second-order valence-corrected chi connectivity index (χ2v) is 8.89. The summed E-state index contributed by atoms with van der Waals surface area (Å²) in [6, 6.07) is 12.6. The molecule has 1 amide bonds. The molecule has 1 atom stereocenters. The van der Waals surface area contributed by atoms with Crippen molar-refractivity contribution in [2.24, 2.45) is 5.92 Å². The van der Waals surface area contributed by atoms with Gasteiger partial charge in [0.2, 0.25) is 0 Å². The summed E-state index contributed by atoms with van der Waals surface area (Å²) >= 11 is 1.59. The van der Waals surface area contributed by atoms with Gasteiger partial charge in [0, 0.05) is 25.3 Å². The number of benzene rings is 1. The lowest BCUT2D eigenvalue weighted by Crippen LogP contribution is -2.36. The maximum atomic E-state index is 12.5. The molecule has 2 aliphatic heterocycles. The second-order valence-electron chi connectivity index (χ2n) is 7.83. The normalized spacial score (nSPS) is 19.9. The molecule has 1 aromatic carbocycles. The number of amides is 1. The molecule has 0 bridgehead atoms. The van der Waals surface area contributed by atoms with Gasteiger partial charge in [0.1, 0.15) is 0 Å². The van der Waals surface area contributed by atoms with Gasteiger partial charge < -0.3 is 15.1 Å². The molecule has 5 heteroatoms. The fourth-order valence-corrected chi connectivity index (χ4v) is 5.21. The number of hydrogen-bond acceptors (Lipinski definition) is 4. The fourth-order valence-electron chi connectivity index (χ4n) is 4.24. The molecule has 4 rings (SSSR count). The Labute approximate surface area is 166 Å². The van der Waals surface area contributed by atoms with Crippen molar-refractivity contribution in [3.63, 3.8) is 0 Å². The Bertz CT molecular complexity index is 787. The van der Waals surface area contributed by atoms with Crippen molar-refractivity contribution in [1.82, 2.24) is 10.2 Å². The summed E-state index contributed by atoms with van der Waals surface area (Å²) in [7, 11) is 0. The predicted octanol–water partition coefficient (Wildman–Crippen LogP) is 4.29. The molecule has 1 aromatic heterocycles. The number of fused-ring (bicyclic) bond motifs is 1. The second kappa shape index (κ2) is 8.44. The molecular weight excluding hydrogens is 354 g/mol. The number of nitrogens with zero attached hydrogens (tertiary/aromatic N) is 2. The van der Waals surface area contributed by atoms with E-state index in [4.69, 9.17) is 0 Å². The Hall–Kier alpha value is -1.85. The molecule has 0 spiro atoms. The third-order valence-corrected chi connectivity index (χ3v) is 6.75. The highest BCUT2D eigenvalue weighted by molar-refractivity contribution is 7.18. The first kappa shape index (κ1) is 18.5. The average Bonchev–Trinajstić information content (AvgIpc) is 3.32. The summed E-state index contributed by atoms with van der Waals surface area (Å²) in [5.74, 6) is 0.874. The highest BCUT2D eigenvalue weighted by Gasteiger charge is 2.22. The molecule has 1 saturated heterocycles. The first-order valence-corrected chi connectivity index (χ1v) is 11.0. The number of carbonyl (C=O) groups excluding carboxylic acids is 1. The SMILES string of the molecule is C[C@@H]1CCCN(CCCNC(=O)c2ccc(N3CCc4ccccc43)s2)C1. The summed E-state index contributed by atoms with van der Waals surface area (Å²) < 4.78 is 0. The van der Waals surface area contributed by atoms with Gasteiger partial charge in [-0.05, 0) is 68.5 Å². The topological polar surface area (TPSA) is 35.6 Å². The van der Waals surface area contributed by atoms with Crippen LogP contribution in [0.15, 0.2) is 36.4 Å². The minimum Gasteiger partial charge on any atom is -0.351 e. The molecule has 0 unspecified atom stereocenters. The van der Waals surface area contributed by atoms with Crippen molar-refractivity contribution in [2.45, 2.75) is 32.6 Å². The summed E-state index contributed by atoms with van der Waals surface area (Å²) in [6.07, 6.45) is 4.77. The predicted molar refractivity (Wildman–Crippen MR) is 113 cm³/mol. The lowest BCUT2D eigenvalue weighted by atomic mass is 10.0. The summed E-state index contributed by atoms with van der Waals surface area (Å²) in [6.45, 7) is 7.59. The van der Waals surface area contributed by atoms with E-state index in [9.17, 15) is 4.79 Å². The average molecular weight is 384 g/mol. The molecule has 144 valence electrons. The lowest BCUT2D eigenvalue weighted by molar-refractivity contribution is 0.0954. The zero-order valence-corrected chi connectivity index (χ0v) is 16.9. The van der Waals surface area contributed by atoms with E-state index in [0.717, 1.165) is 48.3 Å². The fraction of sp³-hybridized carbons (Fsp3) is 0.500. The lowest BCUT2D eigenvalue weighted by Gasteiger charge is -2.30. The number of para-hydroxylation sites is 1. The summed E-state index contributed by atoms with van der Waals surface area (Å²) in [5.41, 5.74) is 2.67. The maximum absolute atomic E-state index is 12.5. The number of piperidine rings is 1. The van der Waals surface area contributed by atoms with Crippen LogP contribution in [-0.4, -0.2) is 43.5 Å². The molecule has 0 radical (unpaired) electrons. The van der Waals surface area contributed by atoms with E-state index in [2.05, 4.69) is 52.4 Å². The van der Waals surface area contributed by atoms with Gasteiger partial charge in [-0.3, -0.25) is 4.79 Å². The Morgan fingerprint density at radius 2 is 2.11 bits per heavy atom. The Balaban J connectivity index is 1.27. The summed E-state index contributed by atoms with van der Waals surface area (Å²) in [4.78, 5) is 18.2. The van der Waals surface area contributed by atoms with Crippen LogP contribution in [0.4, 0.5) is 10.7 Å². The van der Waals surface area contributed by atoms with Crippen LogP contribution in [0.25, 0.3) is 0 Å². The van der Waals surface area contributed by atoms with Gasteiger partial charge in [0.05, 0.1) is 9.88 Å². The van der Waals surface area contributed by atoms with Crippen LogP contribution in [0.5, 0.6) is 0 Å². The number of anilines is 2. The van der Waals surface area contributed by atoms with Crippen LogP contribution in [0, 0.1) is 5.92 Å². The number of nitrogens with one attached hydrogen (secondary N) is 1. The molecular formula is C22H29N3OS. The number of thiophene rings is 1. The van der Waals surface area contributed by atoms with E-state index < -0.39 is 0 Å². The number of hydrogen-bond donors (Lipinski definition) is 1. The van der Waals surface area contributed by atoms with Gasteiger partial charge in [-0.15, -0.1) is 11.3 Å². The highest BCUT2D eigenvalue weighted by Crippen LogP contribution is 2.38. The Morgan fingerprint density at radius 3 is 3.00 bits per heavy atom. The molecule has 2 aliphatic rings. The van der Waals surface area contributed by atoms with E-state index in [1.165, 1.54) is 37.2 Å². The quantitative estimate of drug-likeness (QED) is 0.756. The number of rotatable bonds is 6. The third-order valence-electron chi connectivity index (χ3n) is 5.65. The minimum absolute atomic E-state index is 0.0609. The Morgan fingerprint density at radius 1 is 1.22 bits per heavy atom. The van der Waals surface area contributed by atoms with Crippen molar-refractivity contribution in [3.8, 4) is 0 Å². The van der Waals surface area contributed by atoms with Gasteiger partial charge in [0.25, 0.3) is 5.91 Å². The van der Waals surface area contributed by atoms with E-state index in [1.807, 2.05) is 6.07 Å². The van der Waals surface area contributed by atoms with Gasteiger partial charge in [-0.25, -0.2) is 0 Å². The van der Waals surface area contributed by atoms with Crippen LogP contribution in [0.2, 0.25) is 0 Å².